The van der Waals surface area contributed by atoms with Gasteiger partial charge in [-0.1, -0.05) is 0 Å². The molecule has 1 aromatic carbocycles. The van der Waals surface area contributed by atoms with E-state index in [0.29, 0.717) is 18.5 Å². The molecule has 1 saturated heterocycles. The topological polar surface area (TPSA) is 87.7 Å². The van der Waals surface area contributed by atoms with Crippen LogP contribution in [0.1, 0.15) is 23.2 Å². The van der Waals surface area contributed by atoms with Crippen molar-refractivity contribution in [1.82, 2.24) is 10.8 Å². The molecule has 7 nitrogen and oxygen atoms in total. The molecule has 0 spiro atoms. The number of nitrogens with zero attached hydrogens (tertiary/aromatic N) is 1. The Morgan fingerprint density at radius 3 is 2.57 bits per heavy atom. The largest absolute Gasteiger partial charge is 0.343 e. The first-order valence-electron chi connectivity index (χ1n) is 6.62. The monoisotopic (exact) mass is 291 g/mol. The zero-order valence-corrected chi connectivity index (χ0v) is 11.7. The molecule has 0 aliphatic carbocycles. The molecule has 0 saturated carbocycles. The molecule has 1 fully saturated rings. The Hall–Kier alpha value is -2.41. The van der Waals surface area contributed by atoms with Crippen LogP contribution >= 0.6 is 0 Å². The first kappa shape index (κ1) is 15.0. The molecular formula is C14H17N3O4. The van der Waals surface area contributed by atoms with Gasteiger partial charge in [0, 0.05) is 24.2 Å². The lowest BCUT2D eigenvalue weighted by Gasteiger charge is -2.15. The highest BCUT2D eigenvalue weighted by Gasteiger charge is 2.21. The molecule has 2 rings (SSSR count). The number of hydrogen-bond acceptors (Lipinski definition) is 4. The molecule has 0 bridgehead atoms. The third-order valence-electron chi connectivity index (χ3n) is 3.14. The van der Waals surface area contributed by atoms with Crippen molar-refractivity contribution in [2.75, 3.05) is 25.1 Å². The predicted octanol–water partition coefficient (Wildman–Crippen LogP) is 0.221. The summed E-state index contributed by atoms with van der Waals surface area (Å²) in [5.74, 6) is -0.700. The Morgan fingerprint density at radius 2 is 2.00 bits per heavy atom. The van der Waals surface area contributed by atoms with E-state index in [4.69, 9.17) is 0 Å². The number of nitrogens with one attached hydrogen (secondary N) is 2. The van der Waals surface area contributed by atoms with Crippen molar-refractivity contribution in [3.8, 4) is 0 Å². The lowest BCUT2D eigenvalue weighted by Crippen LogP contribution is -2.36. The van der Waals surface area contributed by atoms with E-state index in [1.165, 1.54) is 7.11 Å². The maximum atomic E-state index is 11.8. The first-order valence-corrected chi connectivity index (χ1v) is 6.62. The molecule has 1 heterocycles. The fourth-order valence-electron chi connectivity index (χ4n) is 2.13. The van der Waals surface area contributed by atoms with Gasteiger partial charge in [0.1, 0.15) is 0 Å². The molecule has 21 heavy (non-hydrogen) atoms. The minimum absolute atomic E-state index is 0.100. The van der Waals surface area contributed by atoms with Crippen molar-refractivity contribution in [2.24, 2.45) is 0 Å². The normalized spacial score (nSPS) is 14.1. The summed E-state index contributed by atoms with van der Waals surface area (Å²) in [6.45, 7) is 0.542. The molecule has 2 N–H and O–H groups in total. The van der Waals surface area contributed by atoms with E-state index in [-0.39, 0.29) is 18.4 Å². The minimum Gasteiger partial charge on any atom is -0.343 e. The molecule has 0 unspecified atom stereocenters. The van der Waals surface area contributed by atoms with Crippen LogP contribution < -0.4 is 15.7 Å². The van der Waals surface area contributed by atoms with E-state index in [1.54, 1.807) is 29.2 Å². The molecule has 1 aliphatic rings. The fourth-order valence-corrected chi connectivity index (χ4v) is 2.13. The highest BCUT2D eigenvalue weighted by molar-refractivity contribution is 5.98. The summed E-state index contributed by atoms with van der Waals surface area (Å²) in [6.07, 6.45) is 1.42. The number of hydroxylamine groups is 1. The zero-order chi connectivity index (χ0) is 15.2. The number of amides is 3. The number of benzene rings is 1. The van der Waals surface area contributed by atoms with Crippen molar-refractivity contribution in [3.05, 3.63) is 29.8 Å². The fraction of sp³-hybridized carbons (Fsp3) is 0.357. The van der Waals surface area contributed by atoms with Gasteiger partial charge in [-0.15, -0.1) is 0 Å². The van der Waals surface area contributed by atoms with Crippen molar-refractivity contribution in [3.63, 3.8) is 0 Å². The maximum Gasteiger partial charge on any atom is 0.262 e. The SMILES string of the molecule is CONC(=O)CNC(=O)c1ccc(N2CCCC2=O)cc1. The van der Waals surface area contributed by atoms with Crippen molar-refractivity contribution < 1.29 is 19.2 Å². The van der Waals surface area contributed by atoms with Crippen molar-refractivity contribution in [2.45, 2.75) is 12.8 Å². The number of anilines is 1. The highest BCUT2D eigenvalue weighted by Crippen LogP contribution is 2.21. The van der Waals surface area contributed by atoms with E-state index in [9.17, 15) is 14.4 Å². The van der Waals surface area contributed by atoms with Crippen LogP contribution in [0.3, 0.4) is 0 Å². The second-order valence-corrected chi connectivity index (χ2v) is 4.61. The van der Waals surface area contributed by atoms with E-state index < -0.39 is 5.91 Å². The van der Waals surface area contributed by atoms with Gasteiger partial charge in [0.25, 0.3) is 11.8 Å². The van der Waals surface area contributed by atoms with Crippen LogP contribution in [-0.2, 0) is 14.4 Å². The summed E-state index contributed by atoms with van der Waals surface area (Å²) in [5, 5.41) is 2.47. The molecule has 0 atom stereocenters. The molecule has 7 heteroatoms. The van der Waals surface area contributed by atoms with Gasteiger partial charge in [-0.05, 0) is 30.7 Å². The molecule has 1 aliphatic heterocycles. The Kier molecular flexibility index (Phi) is 4.89. The van der Waals surface area contributed by atoms with Crippen LogP contribution in [-0.4, -0.2) is 37.9 Å². The van der Waals surface area contributed by atoms with E-state index >= 15 is 0 Å². The van der Waals surface area contributed by atoms with Crippen LogP contribution in [0.25, 0.3) is 0 Å². The number of rotatable bonds is 5. The summed E-state index contributed by atoms with van der Waals surface area (Å²) in [7, 11) is 1.32. The first-order chi connectivity index (χ1) is 10.1. The molecule has 3 amide bonds. The van der Waals surface area contributed by atoms with Gasteiger partial charge in [0.05, 0.1) is 13.7 Å². The lowest BCUT2D eigenvalue weighted by molar-refractivity contribution is -0.130. The van der Waals surface area contributed by atoms with Gasteiger partial charge >= 0.3 is 0 Å². The van der Waals surface area contributed by atoms with Gasteiger partial charge in [-0.25, -0.2) is 5.48 Å². The van der Waals surface area contributed by atoms with Gasteiger partial charge < -0.3 is 10.2 Å². The van der Waals surface area contributed by atoms with Crippen LogP contribution in [0, 0.1) is 0 Å². The number of carbonyl (C=O) groups is 3. The Balaban J connectivity index is 1.93. The summed E-state index contributed by atoms with van der Waals surface area (Å²) < 4.78 is 0. The second kappa shape index (κ2) is 6.85. The van der Waals surface area contributed by atoms with Crippen molar-refractivity contribution in [1.29, 1.82) is 0 Å². The van der Waals surface area contributed by atoms with Crippen molar-refractivity contribution >= 4 is 23.4 Å². The maximum absolute atomic E-state index is 11.8. The Bertz CT molecular complexity index is 542. The molecule has 112 valence electrons. The Labute approximate surface area is 122 Å². The van der Waals surface area contributed by atoms with Crippen LogP contribution in [0.15, 0.2) is 24.3 Å². The van der Waals surface area contributed by atoms with E-state index in [0.717, 1.165) is 12.1 Å². The molecular weight excluding hydrogens is 274 g/mol. The van der Waals surface area contributed by atoms with E-state index in [2.05, 4.69) is 15.6 Å². The quantitative estimate of drug-likeness (QED) is 0.760. The third-order valence-corrected chi connectivity index (χ3v) is 3.14. The van der Waals surface area contributed by atoms with Gasteiger partial charge in [0.2, 0.25) is 5.91 Å². The average molecular weight is 291 g/mol. The van der Waals surface area contributed by atoms with Crippen LogP contribution in [0.2, 0.25) is 0 Å². The minimum atomic E-state index is -0.440. The smallest absolute Gasteiger partial charge is 0.262 e. The number of carbonyl (C=O) groups excluding carboxylic acids is 3. The second-order valence-electron chi connectivity index (χ2n) is 4.61. The highest BCUT2D eigenvalue weighted by atomic mass is 16.6. The summed E-state index contributed by atoms with van der Waals surface area (Å²) in [5.41, 5.74) is 3.32. The standard InChI is InChI=1S/C14H17N3O4/c1-21-16-12(18)9-15-14(20)10-4-6-11(7-5-10)17-8-2-3-13(17)19/h4-7H,2-3,8-9H2,1H3,(H,15,20)(H,16,18). The van der Waals surface area contributed by atoms with Crippen LogP contribution in [0.5, 0.6) is 0 Å². The van der Waals surface area contributed by atoms with Crippen LogP contribution in [0.4, 0.5) is 5.69 Å². The zero-order valence-electron chi connectivity index (χ0n) is 11.7. The number of hydrogen-bond donors (Lipinski definition) is 2. The lowest BCUT2D eigenvalue weighted by atomic mass is 10.2. The van der Waals surface area contributed by atoms with Gasteiger partial charge in [-0.2, -0.15) is 0 Å². The summed E-state index contributed by atoms with van der Waals surface area (Å²) in [6, 6.07) is 6.72. The van der Waals surface area contributed by atoms with Gasteiger partial charge in [0.15, 0.2) is 0 Å². The predicted molar refractivity (Wildman–Crippen MR) is 75.5 cm³/mol. The Morgan fingerprint density at radius 1 is 1.29 bits per heavy atom. The molecule has 0 radical (unpaired) electrons. The summed E-state index contributed by atoms with van der Waals surface area (Å²) >= 11 is 0. The molecule has 0 aromatic heterocycles. The summed E-state index contributed by atoms with van der Waals surface area (Å²) in [4.78, 5) is 40.7. The average Bonchev–Trinajstić information content (AvgIpc) is 2.91. The third kappa shape index (κ3) is 3.79. The van der Waals surface area contributed by atoms with E-state index in [1.807, 2.05) is 0 Å². The molecule has 1 aromatic rings. The van der Waals surface area contributed by atoms with Gasteiger partial charge in [-0.3, -0.25) is 19.2 Å².